The van der Waals surface area contributed by atoms with Crippen molar-refractivity contribution >= 4 is 11.6 Å². The predicted octanol–water partition coefficient (Wildman–Crippen LogP) is 1.00. The van der Waals surface area contributed by atoms with E-state index < -0.39 is 0 Å². The highest BCUT2D eigenvalue weighted by molar-refractivity contribution is 6.30. The summed E-state index contributed by atoms with van der Waals surface area (Å²) in [7, 11) is 0. The van der Waals surface area contributed by atoms with Gasteiger partial charge in [0, 0.05) is 23.2 Å². The fourth-order valence-corrected chi connectivity index (χ4v) is 1.12. The van der Waals surface area contributed by atoms with Crippen LogP contribution in [0.1, 0.15) is 11.6 Å². The van der Waals surface area contributed by atoms with Crippen LogP contribution in [0.5, 0.6) is 5.75 Å². The van der Waals surface area contributed by atoms with Gasteiger partial charge < -0.3 is 16.6 Å². The molecule has 3 nitrogen and oxygen atoms in total. The highest BCUT2D eigenvalue weighted by Gasteiger charge is 2.08. The molecule has 0 bridgehead atoms. The summed E-state index contributed by atoms with van der Waals surface area (Å²) in [5.41, 5.74) is 11.6. The largest absolute Gasteiger partial charge is 0.508 e. The Bertz CT molecular complexity index is 278. The van der Waals surface area contributed by atoms with Gasteiger partial charge in [0.1, 0.15) is 5.75 Å². The highest BCUT2D eigenvalue weighted by Crippen LogP contribution is 2.25. The molecule has 0 saturated heterocycles. The van der Waals surface area contributed by atoms with Gasteiger partial charge in [-0.15, -0.1) is 0 Å². The Morgan fingerprint density at radius 1 is 1.50 bits per heavy atom. The molecule has 66 valence electrons. The van der Waals surface area contributed by atoms with Gasteiger partial charge >= 0.3 is 0 Å². The quantitative estimate of drug-likeness (QED) is 0.646. The van der Waals surface area contributed by atoms with Crippen LogP contribution in [0.3, 0.4) is 0 Å². The van der Waals surface area contributed by atoms with Gasteiger partial charge in [0.2, 0.25) is 0 Å². The lowest BCUT2D eigenvalue weighted by Gasteiger charge is -2.10. The molecule has 0 spiro atoms. The number of benzene rings is 1. The molecule has 0 fully saturated rings. The third-order valence-corrected chi connectivity index (χ3v) is 1.88. The fourth-order valence-electron chi connectivity index (χ4n) is 0.957. The van der Waals surface area contributed by atoms with E-state index in [1.54, 1.807) is 12.1 Å². The van der Waals surface area contributed by atoms with Crippen molar-refractivity contribution in [2.45, 2.75) is 6.04 Å². The minimum absolute atomic E-state index is 0.0976. The smallest absolute Gasteiger partial charge is 0.121 e. The molecule has 1 aromatic carbocycles. The lowest BCUT2D eigenvalue weighted by atomic mass is 10.1. The highest BCUT2D eigenvalue weighted by atomic mass is 35.5. The summed E-state index contributed by atoms with van der Waals surface area (Å²) in [5.74, 6) is 0.0976. The van der Waals surface area contributed by atoms with Gasteiger partial charge in [0.05, 0.1) is 0 Å². The van der Waals surface area contributed by atoms with Crippen LogP contribution in [0.2, 0.25) is 5.02 Å². The number of phenols is 1. The van der Waals surface area contributed by atoms with Crippen LogP contribution in [0.15, 0.2) is 18.2 Å². The third-order valence-electron chi connectivity index (χ3n) is 1.65. The molecule has 0 aliphatic rings. The van der Waals surface area contributed by atoms with E-state index in [-0.39, 0.29) is 11.8 Å². The zero-order valence-electron chi connectivity index (χ0n) is 6.50. The molecule has 1 atom stereocenters. The summed E-state index contributed by atoms with van der Waals surface area (Å²) in [5, 5.41) is 9.86. The molecule has 0 aliphatic carbocycles. The van der Waals surface area contributed by atoms with E-state index in [1.807, 2.05) is 0 Å². The van der Waals surface area contributed by atoms with E-state index in [0.717, 1.165) is 0 Å². The van der Waals surface area contributed by atoms with Crippen molar-refractivity contribution in [1.29, 1.82) is 0 Å². The summed E-state index contributed by atoms with van der Waals surface area (Å²) in [6.07, 6.45) is 0. The van der Waals surface area contributed by atoms with Crippen LogP contribution in [0, 0.1) is 0 Å². The van der Waals surface area contributed by atoms with E-state index in [0.29, 0.717) is 17.1 Å². The molecule has 5 N–H and O–H groups in total. The van der Waals surface area contributed by atoms with Gasteiger partial charge in [-0.25, -0.2) is 0 Å². The van der Waals surface area contributed by atoms with Gasteiger partial charge in [-0.1, -0.05) is 17.7 Å². The summed E-state index contributed by atoms with van der Waals surface area (Å²) in [6.45, 7) is 0.301. The molecule has 0 aromatic heterocycles. The molecule has 1 unspecified atom stereocenters. The maximum Gasteiger partial charge on any atom is 0.121 e. The molecule has 0 saturated carbocycles. The maximum absolute atomic E-state index is 9.37. The topological polar surface area (TPSA) is 72.3 Å². The van der Waals surface area contributed by atoms with Crippen molar-refractivity contribution in [3.63, 3.8) is 0 Å². The maximum atomic E-state index is 9.37. The zero-order valence-corrected chi connectivity index (χ0v) is 7.25. The SMILES string of the molecule is NCC(N)c1ccc(Cl)cc1O. The molecule has 0 heterocycles. The summed E-state index contributed by atoms with van der Waals surface area (Å²) in [4.78, 5) is 0. The van der Waals surface area contributed by atoms with Crippen LogP contribution in [0.4, 0.5) is 0 Å². The molecule has 0 amide bonds. The second-order valence-corrected chi connectivity index (χ2v) is 2.98. The molecule has 4 heteroatoms. The number of hydrogen-bond donors (Lipinski definition) is 3. The van der Waals surface area contributed by atoms with Crippen LogP contribution in [-0.4, -0.2) is 11.7 Å². The van der Waals surface area contributed by atoms with Crippen molar-refractivity contribution in [2.75, 3.05) is 6.54 Å². The second kappa shape index (κ2) is 3.76. The summed E-state index contributed by atoms with van der Waals surface area (Å²) < 4.78 is 0. The molecular weight excluding hydrogens is 176 g/mol. The first-order valence-corrected chi connectivity index (χ1v) is 3.97. The first-order chi connectivity index (χ1) is 5.65. The summed E-state index contributed by atoms with van der Waals surface area (Å²) in [6, 6.07) is 4.47. The van der Waals surface area contributed by atoms with Crippen molar-refractivity contribution in [1.82, 2.24) is 0 Å². The number of nitrogens with two attached hydrogens (primary N) is 2. The number of rotatable bonds is 2. The standard InChI is InChI=1S/C8H11ClN2O/c9-5-1-2-6(7(11)4-10)8(12)3-5/h1-3,7,12H,4,10-11H2. The van der Waals surface area contributed by atoms with Crippen LogP contribution < -0.4 is 11.5 Å². The van der Waals surface area contributed by atoms with Crippen LogP contribution >= 0.6 is 11.6 Å². The first kappa shape index (κ1) is 9.32. The average molecular weight is 187 g/mol. The van der Waals surface area contributed by atoms with Crippen molar-refractivity contribution in [3.05, 3.63) is 28.8 Å². The van der Waals surface area contributed by atoms with Crippen molar-refractivity contribution in [3.8, 4) is 5.75 Å². The Hall–Kier alpha value is -0.770. The number of halogens is 1. The average Bonchev–Trinajstić information content (AvgIpc) is 2.03. The van der Waals surface area contributed by atoms with Gasteiger partial charge in [0.25, 0.3) is 0 Å². The normalized spacial score (nSPS) is 12.9. The lowest BCUT2D eigenvalue weighted by Crippen LogP contribution is -2.20. The van der Waals surface area contributed by atoms with Gasteiger partial charge in [-0.05, 0) is 12.1 Å². The van der Waals surface area contributed by atoms with Crippen LogP contribution in [-0.2, 0) is 0 Å². The monoisotopic (exact) mass is 186 g/mol. The van der Waals surface area contributed by atoms with E-state index >= 15 is 0 Å². The first-order valence-electron chi connectivity index (χ1n) is 3.59. The minimum atomic E-state index is -0.331. The second-order valence-electron chi connectivity index (χ2n) is 2.55. The predicted molar refractivity (Wildman–Crippen MR) is 49.1 cm³/mol. The lowest BCUT2D eigenvalue weighted by molar-refractivity contribution is 0.462. The Balaban J connectivity index is 3.01. The van der Waals surface area contributed by atoms with E-state index in [9.17, 15) is 5.11 Å². The molecule has 0 aliphatic heterocycles. The Morgan fingerprint density at radius 3 is 2.67 bits per heavy atom. The summed E-state index contributed by atoms with van der Waals surface area (Å²) >= 11 is 5.63. The Labute approximate surface area is 75.9 Å². The van der Waals surface area contributed by atoms with Crippen molar-refractivity contribution < 1.29 is 5.11 Å². The molecule has 0 radical (unpaired) electrons. The molecule has 12 heavy (non-hydrogen) atoms. The van der Waals surface area contributed by atoms with E-state index in [4.69, 9.17) is 23.1 Å². The van der Waals surface area contributed by atoms with Gasteiger partial charge in [0.15, 0.2) is 0 Å². The Kier molecular flexibility index (Phi) is 2.92. The number of phenolic OH excluding ortho intramolecular Hbond substituents is 1. The molecular formula is C8H11ClN2O. The third kappa shape index (κ3) is 1.88. The zero-order chi connectivity index (χ0) is 9.14. The fraction of sp³-hybridized carbons (Fsp3) is 0.250. The molecule has 1 rings (SSSR count). The number of aromatic hydroxyl groups is 1. The minimum Gasteiger partial charge on any atom is -0.508 e. The van der Waals surface area contributed by atoms with Crippen molar-refractivity contribution in [2.24, 2.45) is 11.5 Å². The van der Waals surface area contributed by atoms with Gasteiger partial charge in [-0.3, -0.25) is 0 Å². The Morgan fingerprint density at radius 2 is 2.17 bits per heavy atom. The van der Waals surface area contributed by atoms with Gasteiger partial charge in [-0.2, -0.15) is 0 Å². The van der Waals surface area contributed by atoms with E-state index in [2.05, 4.69) is 0 Å². The van der Waals surface area contributed by atoms with E-state index in [1.165, 1.54) is 6.07 Å². The number of hydrogen-bond acceptors (Lipinski definition) is 3. The van der Waals surface area contributed by atoms with Crippen LogP contribution in [0.25, 0.3) is 0 Å². The molecule has 1 aromatic rings.